The number of thiophene rings is 1. The van der Waals surface area contributed by atoms with E-state index in [1.165, 1.54) is 4.88 Å². The summed E-state index contributed by atoms with van der Waals surface area (Å²) in [5, 5.41) is 12.7. The van der Waals surface area contributed by atoms with Crippen LogP contribution in [0.3, 0.4) is 0 Å². The highest BCUT2D eigenvalue weighted by Crippen LogP contribution is 2.35. The van der Waals surface area contributed by atoms with Gasteiger partial charge in [-0.1, -0.05) is 6.07 Å². The number of nitrogens with zero attached hydrogens (tertiary/aromatic N) is 3. The molecule has 0 radical (unpaired) electrons. The van der Waals surface area contributed by atoms with Crippen LogP contribution in [0.5, 0.6) is 0 Å². The van der Waals surface area contributed by atoms with Crippen LogP contribution in [-0.2, 0) is 6.54 Å². The third kappa shape index (κ3) is 2.97. The van der Waals surface area contributed by atoms with Gasteiger partial charge < -0.3 is 11.1 Å². The summed E-state index contributed by atoms with van der Waals surface area (Å²) in [5.41, 5.74) is 9.13. The van der Waals surface area contributed by atoms with Gasteiger partial charge in [-0.05, 0) is 24.3 Å². The summed E-state index contributed by atoms with van der Waals surface area (Å²) in [6.45, 7) is 0.671. The minimum atomic E-state index is 0.325. The molecule has 0 atom stereocenters. The number of hydrogen-bond donors (Lipinski definition) is 3. The second-order valence-electron chi connectivity index (χ2n) is 5.86. The fourth-order valence-corrected chi connectivity index (χ4v) is 3.62. The van der Waals surface area contributed by atoms with E-state index in [1.807, 2.05) is 18.3 Å². The Kier molecular flexibility index (Phi) is 3.80. The first-order valence-electron chi connectivity index (χ1n) is 7.67. The van der Waals surface area contributed by atoms with Crippen molar-refractivity contribution in [2.24, 2.45) is 5.73 Å². The lowest BCUT2D eigenvalue weighted by Crippen LogP contribution is -2.35. The molecule has 3 aromatic rings. The van der Waals surface area contributed by atoms with Crippen LogP contribution in [0.2, 0.25) is 0 Å². The summed E-state index contributed by atoms with van der Waals surface area (Å²) >= 11 is 1.70. The van der Waals surface area contributed by atoms with Crippen LogP contribution in [0.15, 0.2) is 36.1 Å². The summed E-state index contributed by atoms with van der Waals surface area (Å²) in [6, 6.07) is 6.48. The van der Waals surface area contributed by atoms with Crippen molar-refractivity contribution in [1.29, 1.82) is 0 Å². The number of hydrogen-bond acceptors (Lipinski definition) is 6. The van der Waals surface area contributed by atoms with Gasteiger partial charge in [-0.25, -0.2) is 9.97 Å². The summed E-state index contributed by atoms with van der Waals surface area (Å²) in [6.07, 6.45) is 5.51. The van der Waals surface area contributed by atoms with Gasteiger partial charge in [-0.15, -0.1) is 11.3 Å². The van der Waals surface area contributed by atoms with E-state index in [9.17, 15) is 0 Å². The SMILES string of the molecule is NC1CC(c2cc(NCc3cn[nH]c3-c3cccs3)ncn2)C1. The highest BCUT2D eigenvalue weighted by Gasteiger charge is 2.28. The molecule has 4 N–H and O–H groups in total. The zero-order valence-corrected chi connectivity index (χ0v) is 13.4. The largest absolute Gasteiger partial charge is 0.366 e. The molecule has 1 saturated carbocycles. The quantitative estimate of drug-likeness (QED) is 0.670. The lowest BCUT2D eigenvalue weighted by molar-refractivity contribution is 0.345. The van der Waals surface area contributed by atoms with Crippen LogP contribution in [0.1, 0.15) is 30.0 Å². The number of aromatic nitrogens is 4. The Morgan fingerprint density at radius 1 is 1.35 bits per heavy atom. The summed E-state index contributed by atoms with van der Waals surface area (Å²) < 4.78 is 0. The molecular formula is C16H18N6S. The number of aromatic amines is 1. The molecule has 1 aliphatic carbocycles. The number of nitrogens with two attached hydrogens (primary N) is 1. The Bertz CT molecular complexity index is 775. The van der Waals surface area contributed by atoms with Crippen molar-refractivity contribution >= 4 is 17.2 Å². The maximum absolute atomic E-state index is 5.86. The molecule has 23 heavy (non-hydrogen) atoms. The first-order valence-corrected chi connectivity index (χ1v) is 8.55. The van der Waals surface area contributed by atoms with Crippen molar-refractivity contribution in [3.63, 3.8) is 0 Å². The van der Waals surface area contributed by atoms with E-state index in [0.717, 1.165) is 35.6 Å². The lowest BCUT2D eigenvalue weighted by Gasteiger charge is -2.31. The molecule has 0 spiro atoms. The van der Waals surface area contributed by atoms with Crippen molar-refractivity contribution in [2.45, 2.75) is 31.3 Å². The van der Waals surface area contributed by atoms with Crippen molar-refractivity contribution in [2.75, 3.05) is 5.32 Å². The topological polar surface area (TPSA) is 92.5 Å². The van der Waals surface area contributed by atoms with Crippen molar-refractivity contribution < 1.29 is 0 Å². The minimum absolute atomic E-state index is 0.325. The molecule has 3 heterocycles. The predicted molar refractivity (Wildman–Crippen MR) is 91.2 cm³/mol. The van der Waals surface area contributed by atoms with Gasteiger partial charge in [-0.2, -0.15) is 5.10 Å². The standard InChI is InChI=1S/C16H18N6S/c17-12-4-10(5-12)13-6-15(20-9-19-13)18-7-11-8-21-22-16(11)14-2-1-3-23-14/h1-3,6,8-10,12H,4-5,7,17H2,(H,21,22)(H,18,19,20). The second kappa shape index (κ2) is 6.10. The Labute approximate surface area is 138 Å². The highest BCUT2D eigenvalue weighted by molar-refractivity contribution is 7.13. The molecular weight excluding hydrogens is 308 g/mol. The molecule has 4 rings (SSSR count). The molecule has 3 aromatic heterocycles. The van der Waals surface area contributed by atoms with Gasteiger partial charge in [0.15, 0.2) is 0 Å². The number of anilines is 1. The molecule has 0 saturated heterocycles. The van der Waals surface area contributed by atoms with Crippen LogP contribution in [0.4, 0.5) is 5.82 Å². The normalized spacial score (nSPS) is 20.2. The van der Waals surface area contributed by atoms with Crippen LogP contribution in [0, 0.1) is 0 Å². The van der Waals surface area contributed by atoms with E-state index >= 15 is 0 Å². The third-order valence-corrected chi connectivity index (χ3v) is 5.11. The van der Waals surface area contributed by atoms with E-state index in [4.69, 9.17) is 5.73 Å². The first kappa shape index (κ1) is 14.3. The van der Waals surface area contributed by atoms with E-state index in [1.54, 1.807) is 17.7 Å². The second-order valence-corrected chi connectivity index (χ2v) is 6.81. The highest BCUT2D eigenvalue weighted by atomic mass is 32.1. The van der Waals surface area contributed by atoms with Gasteiger partial charge in [-0.3, -0.25) is 5.10 Å². The first-order chi connectivity index (χ1) is 11.3. The molecule has 118 valence electrons. The van der Waals surface area contributed by atoms with Gasteiger partial charge in [0.05, 0.1) is 16.8 Å². The Hall–Kier alpha value is -2.25. The van der Waals surface area contributed by atoms with Crippen LogP contribution < -0.4 is 11.1 Å². The van der Waals surface area contributed by atoms with Gasteiger partial charge in [0.25, 0.3) is 0 Å². The van der Waals surface area contributed by atoms with Gasteiger partial charge >= 0.3 is 0 Å². The molecule has 0 aliphatic heterocycles. The summed E-state index contributed by atoms with van der Waals surface area (Å²) in [4.78, 5) is 9.87. The summed E-state index contributed by atoms with van der Waals surface area (Å²) in [7, 11) is 0. The molecule has 0 unspecified atom stereocenters. The molecule has 0 amide bonds. The monoisotopic (exact) mass is 326 g/mol. The fourth-order valence-electron chi connectivity index (χ4n) is 2.86. The Morgan fingerprint density at radius 3 is 3.04 bits per heavy atom. The van der Waals surface area contributed by atoms with Crippen LogP contribution >= 0.6 is 11.3 Å². The van der Waals surface area contributed by atoms with Crippen molar-refractivity contribution in [3.05, 3.63) is 47.4 Å². The van der Waals surface area contributed by atoms with Gasteiger partial charge in [0, 0.05) is 35.8 Å². The summed E-state index contributed by atoms with van der Waals surface area (Å²) in [5.74, 6) is 1.32. The van der Waals surface area contributed by atoms with Crippen molar-refractivity contribution in [3.8, 4) is 10.6 Å². The molecule has 7 heteroatoms. The maximum Gasteiger partial charge on any atom is 0.129 e. The number of rotatable bonds is 5. The molecule has 6 nitrogen and oxygen atoms in total. The van der Waals surface area contributed by atoms with E-state index < -0.39 is 0 Å². The zero-order chi connectivity index (χ0) is 15.6. The Morgan fingerprint density at radius 2 is 2.26 bits per heavy atom. The minimum Gasteiger partial charge on any atom is -0.366 e. The van der Waals surface area contributed by atoms with E-state index in [2.05, 4.69) is 36.9 Å². The molecule has 0 aromatic carbocycles. The zero-order valence-electron chi connectivity index (χ0n) is 12.6. The van der Waals surface area contributed by atoms with Crippen molar-refractivity contribution in [1.82, 2.24) is 20.2 Å². The molecule has 0 bridgehead atoms. The van der Waals surface area contributed by atoms with E-state index in [0.29, 0.717) is 18.5 Å². The number of H-pyrrole nitrogens is 1. The van der Waals surface area contributed by atoms with Crippen LogP contribution in [0.25, 0.3) is 10.6 Å². The molecule has 1 aliphatic rings. The number of nitrogens with one attached hydrogen (secondary N) is 2. The van der Waals surface area contributed by atoms with Gasteiger partial charge in [0.2, 0.25) is 0 Å². The third-order valence-electron chi connectivity index (χ3n) is 4.23. The molecule has 1 fully saturated rings. The smallest absolute Gasteiger partial charge is 0.129 e. The average Bonchev–Trinajstić information content (AvgIpc) is 3.20. The van der Waals surface area contributed by atoms with E-state index in [-0.39, 0.29) is 0 Å². The van der Waals surface area contributed by atoms with Crippen LogP contribution in [-0.4, -0.2) is 26.2 Å². The lowest BCUT2D eigenvalue weighted by atomic mass is 9.79. The van der Waals surface area contributed by atoms with Gasteiger partial charge in [0.1, 0.15) is 12.1 Å². The Balaban J connectivity index is 1.46. The average molecular weight is 326 g/mol. The maximum atomic E-state index is 5.86. The predicted octanol–water partition coefficient (Wildman–Crippen LogP) is 2.75. The fraction of sp³-hybridized carbons (Fsp3) is 0.312.